The molecule has 1 aromatic heterocycles. The van der Waals surface area contributed by atoms with Crippen LogP contribution in [0.2, 0.25) is 0 Å². The molecule has 0 radical (unpaired) electrons. The molecule has 0 unspecified atom stereocenters. The van der Waals surface area contributed by atoms with E-state index in [1.807, 2.05) is 12.4 Å². The van der Waals surface area contributed by atoms with Gasteiger partial charge in [0.05, 0.1) is 6.04 Å². The van der Waals surface area contributed by atoms with Gasteiger partial charge in [-0.25, -0.2) is 4.98 Å². The first-order valence-electron chi connectivity index (χ1n) is 5.31. The van der Waals surface area contributed by atoms with E-state index in [2.05, 4.69) is 49.5 Å². The maximum atomic E-state index is 4.39. The first-order chi connectivity index (χ1) is 6.52. The molecule has 1 aromatic rings. The Labute approximate surface area is 86.5 Å². The molecule has 0 aliphatic rings. The molecule has 0 saturated heterocycles. The predicted molar refractivity (Wildman–Crippen MR) is 59.3 cm³/mol. The van der Waals surface area contributed by atoms with E-state index < -0.39 is 0 Å². The maximum Gasteiger partial charge on any atom is 0.125 e. The van der Waals surface area contributed by atoms with Gasteiger partial charge in [0.2, 0.25) is 0 Å². The lowest BCUT2D eigenvalue weighted by Crippen LogP contribution is -2.28. The van der Waals surface area contributed by atoms with Gasteiger partial charge in [-0.05, 0) is 20.8 Å². The van der Waals surface area contributed by atoms with Crippen molar-refractivity contribution in [1.29, 1.82) is 0 Å². The Bertz CT molecular complexity index is 276. The standard InChI is InChI=1S/C11H21N3/c1-8(2)13-10(5)11-12-6-7-14(11)9(3)4/h6-10,13H,1-5H3/t10-/m1/s1. The summed E-state index contributed by atoms with van der Waals surface area (Å²) in [6, 6.07) is 1.28. The summed E-state index contributed by atoms with van der Waals surface area (Å²) in [5.41, 5.74) is 0. The molecule has 0 bridgehead atoms. The van der Waals surface area contributed by atoms with Crippen molar-refractivity contribution in [3.05, 3.63) is 18.2 Å². The van der Waals surface area contributed by atoms with Crippen molar-refractivity contribution in [2.45, 2.75) is 52.7 Å². The molecule has 14 heavy (non-hydrogen) atoms. The van der Waals surface area contributed by atoms with Gasteiger partial charge in [0.25, 0.3) is 0 Å². The van der Waals surface area contributed by atoms with Gasteiger partial charge in [0, 0.05) is 24.5 Å². The molecule has 3 heteroatoms. The molecule has 1 heterocycles. The fourth-order valence-corrected chi connectivity index (χ4v) is 1.67. The van der Waals surface area contributed by atoms with E-state index in [-0.39, 0.29) is 0 Å². The lowest BCUT2D eigenvalue weighted by atomic mass is 10.2. The van der Waals surface area contributed by atoms with Crippen LogP contribution in [0.5, 0.6) is 0 Å². The Morgan fingerprint density at radius 1 is 1.21 bits per heavy atom. The Balaban J connectivity index is 2.78. The third kappa shape index (κ3) is 2.58. The van der Waals surface area contributed by atoms with Crippen molar-refractivity contribution in [2.24, 2.45) is 0 Å². The third-order valence-corrected chi connectivity index (χ3v) is 2.23. The summed E-state index contributed by atoms with van der Waals surface area (Å²) in [7, 11) is 0. The summed E-state index contributed by atoms with van der Waals surface area (Å²) < 4.78 is 2.21. The summed E-state index contributed by atoms with van der Waals surface area (Å²) >= 11 is 0. The van der Waals surface area contributed by atoms with Gasteiger partial charge in [-0.3, -0.25) is 0 Å². The first kappa shape index (κ1) is 11.2. The van der Waals surface area contributed by atoms with Crippen molar-refractivity contribution in [1.82, 2.24) is 14.9 Å². The highest BCUT2D eigenvalue weighted by atomic mass is 15.1. The maximum absolute atomic E-state index is 4.39. The lowest BCUT2D eigenvalue weighted by molar-refractivity contribution is 0.451. The van der Waals surface area contributed by atoms with E-state index in [1.54, 1.807) is 0 Å². The molecule has 0 aliphatic carbocycles. The van der Waals surface area contributed by atoms with E-state index in [0.29, 0.717) is 18.1 Å². The van der Waals surface area contributed by atoms with E-state index >= 15 is 0 Å². The minimum absolute atomic E-state index is 0.312. The topological polar surface area (TPSA) is 29.9 Å². The highest BCUT2D eigenvalue weighted by molar-refractivity contribution is 4.99. The van der Waals surface area contributed by atoms with Crippen LogP contribution in [-0.2, 0) is 0 Å². The van der Waals surface area contributed by atoms with Gasteiger partial charge < -0.3 is 9.88 Å². The average Bonchev–Trinajstić information content (AvgIpc) is 2.49. The Morgan fingerprint density at radius 2 is 1.86 bits per heavy atom. The number of nitrogens with one attached hydrogen (secondary N) is 1. The van der Waals surface area contributed by atoms with Gasteiger partial charge in [-0.1, -0.05) is 13.8 Å². The van der Waals surface area contributed by atoms with Crippen LogP contribution in [0, 0.1) is 0 Å². The minimum atomic E-state index is 0.312. The fourth-order valence-electron chi connectivity index (χ4n) is 1.67. The smallest absolute Gasteiger partial charge is 0.125 e. The summed E-state index contributed by atoms with van der Waals surface area (Å²) in [6.07, 6.45) is 3.91. The molecule has 0 saturated carbocycles. The average molecular weight is 195 g/mol. The zero-order chi connectivity index (χ0) is 10.7. The van der Waals surface area contributed by atoms with Crippen molar-refractivity contribution in [2.75, 3.05) is 0 Å². The quantitative estimate of drug-likeness (QED) is 0.800. The SMILES string of the molecule is CC(C)N[C@H](C)c1nccn1C(C)C. The molecular weight excluding hydrogens is 174 g/mol. The number of aromatic nitrogens is 2. The van der Waals surface area contributed by atoms with Crippen LogP contribution < -0.4 is 5.32 Å². The largest absolute Gasteiger partial charge is 0.331 e. The van der Waals surface area contributed by atoms with Crippen LogP contribution >= 0.6 is 0 Å². The van der Waals surface area contributed by atoms with E-state index in [0.717, 1.165) is 5.82 Å². The molecule has 0 spiro atoms. The lowest BCUT2D eigenvalue weighted by Gasteiger charge is -2.19. The first-order valence-corrected chi connectivity index (χ1v) is 5.31. The summed E-state index contributed by atoms with van der Waals surface area (Å²) in [4.78, 5) is 4.39. The van der Waals surface area contributed by atoms with Gasteiger partial charge >= 0.3 is 0 Å². The van der Waals surface area contributed by atoms with E-state index in [9.17, 15) is 0 Å². The number of hydrogen-bond acceptors (Lipinski definition) is 2. The summed E-state index contributed by atoms with van der Waals surface area (Å²) in [5, 5.41) is 3.46. The van der Waals surface area contributed by atoms with Gasteiger partial charge in [-0.2, -0.15) is 0 Å². The molecule has 0 aliphatic heterocycles. The van der Waals surface area contributed by atoms with Crippen LogP contribution in [-0.4, -0.2) is 15.6 Å². The number of rotatable bonds is 4. The normalized spacial score (nSPS) is 13.9. The molecule has 0 aromatic carbocycles. The van der Waals surface area contributed by atoms with Crippen molar-refractivity contribution in [3.8, 4) is 0 Å². The molecular formula is C11H21N3. The van der Waals surface area contributed by atoms with E-state index in [1.165, 1.54) is 0 Å². The zero-order valence-electron chi connectivity index (χ0n) is 9.78. The molecule has 1 rings (SSSR count). The molecule has 1 N–H and O–H groups in total. The summed E-state index contributed by atoms with van der Waals surface area (Å²) in [6.45, 7) is 10.8. The third-order valence-electron chi connectivity index (χ3n) is 2.23. The Morgan fingerprint density at radius 3 is 2.36 bits per heavy atom. The van der Waals surface area contributed by atoms with Crippen LogP contribution in [0.15, 0.2) is 12.4 Å². The van der Waals surface area contributed by atoms with Crippen LogP contribution in [0.3, 0.4) is 0 Å². The predicted octanol–water partition coefficient (Wildman–Crippen LogP) is 2.52. The molecule has 80 valence electrons. The van der Waals surface area contributed by atoms with E-state index in [4.69, 9.17) is 0 Å². The van der Waals surface area contributed by atoms with Crippen molar-refractivity contribution in [3.63, 3.8) is 0 Å². The highest BCUT2D eigenvalue weighted by Crippen LogP contribution is 2.15. The molecule has 1 atom stereocenters. The second-order valence-electron chi connectivity index (χ2n) is 4.33. The Hall–Kier alpha value is -0.830. The summed E-state index contributed by atoms with van der Waals surface area (Å²) in [5.74, 6) is 1.12. The van der Waals surface area contributed by atoms with Crippen molar-refractivity contribution < 1.29 is 0 Å². The number of nitrogens with zero attached hydrogens (tertiary/aromatic N) is 2. The second-order valence-corrected chi connectivity index (χ2v) is 4.33. The van der Waals surface area contributed by atoms with Crippen molar-refractivity contribution >= 4 is 0 Å². The van der Waals surface area contributed by atoms with Gasteiger partial charge in [0.15, 0.2) is 0 Å². The molecule has 3 nitrogen and oxygen atoms in total. The molecule has 0 amide bonds. The fraction of sp³-hybridized carbons (Fsp3) is 0.727. The highest BCUT2D eigenvalue weighted by Gasteiger charge is 2.13. The van der Waals surface area contributed by atoms with Gasteiger partial charge in [-0.15, -0.1) is 0 Å². The zero-order valence-corrected chi connectivity index (χ0v) is 9.78. The monoisotopic (exact) mass is 195 g/mol. The minimum Gasteiger partial charge on any atom is -0.331 e. The van der Waals surface area contributed by atoms with Crippen LogP contribution in [0.1, 0.15) is 52.5 Å². The van der Waals surface area contributed by atoms with Crippen LogP contribution in [0.25, 0.3) is 0 Å². The van der Waals surface area contributed by atoms with Crippen LogP contribution in [0.4, 0.5) is 0 Å². The number of hydrogen-bond donors (Lipinski definition) is 1. The van der Waals surface area contributed by atoms with Gasteiger partial charge in [0.1, 0.15) is 5.82 Å². The Kier molecular flexibility index (Phi) is 3.69. The second kappa shape index (κ2) is 4.60. The number of imidazole rings is 1. The molecule has 0 fully saturated rings.